The van der Waals surface area contributed by atoms with Crippen molar-refractivity contribution in [3.8, 4) is 17.2 Å². The van der Waals surface area contributed by atoms with Crippen molar-refractivity contribution in [2.75, 3.05) is 20.8 Å². The van der Waals surface area contributed by atoms with Gasteiger partial charge in [0.05, 0.1) is 26.5 Å². The Balaban J connectivity index is 0.00000341. The molecule has 3 rings (SSSR count). The predicted octanol–water partition coefficient (Wildman–Crippen LogP) is 3.60. The van der Waals surface area contributed by atoms with Crippen LogP contribution in [-0.4, -0.2) is 36.3 Å². The molecule has 1 heterocycles. The average molecular weight is 539 g/mol. The minimum Gasteiger partial charge on any atom is -0.493 e. The highest BCUT2D eigenvalue weighted by Gasteiger charge is 2.08. The number of hydrogen-bond acceptors (Lipinski definition) is 4. The topological polar surface area (TPSA) is 86.7 Å². The molecule has 7 nitrogen and oxygen atoms in total. The van der Waals surface area contributed by atoms with Crippen molar-refractivity contribution >= 4 is 29.9 Å². The van der Waals surface area contributed by atoms with Crippen molar-refractivity contribution in [2.24, 2.45) is 10.7 Å². The molecule has 0 fully saturated rings. The highest BCUT2D eigenvalue weighted by molar-refractivity contribution is 14.0. The third kappa shape index (κ3) is 6.33. The maximum atomic E-state index is 14.5. The predicted molar refractivity (Wildman–Crippen MR) is 130 cm³/mol. The van der Waals surface area contributed by atoms with Crippen LogP contribution in [0, 0.1) is 12.7 Å². The Bertz CT molecular complexity index is 1040. The van der Waals surface area contributed by atoms with E-state index in [4.69, 9.17) is 15.2 Å². The van der Waals surface area contributed by atoms with Gasteiger partial charge in [-0.1, -0.05) is 12.1 Å². The smallest absolute Gasteiger partial charge is 0.188 e. The molecular weight excluding hydrogens is 512 g/mol. The van der Waals surface area contributed by atoms with Crippen molar-refractivity contribution in [3.63, 3.8) is 0 Å². The highest BCUT2D eigenvalue weighted by atomic mass is 127. The summed E-state index contributed by atoms with van der Waals surface area (Å²) in [4.78, 5) is 8.41. The number of hydrogen-bond donors (Lipinski definition) is 2. The van der Waals surface area contributed by atoms with Gasteiger partial charge in [0, 0.05) is 18.9 Å². The van der Waals surface area contributed by atoms with E-state index in [1.807, 2.05) is 31.2 Å². The van der Waals surface area contributed by atoms with Crippen molar-refractivity contribution in [1.82, 2.24) is 14.9 Å². The largest absolute Gasteiger partial charge is 0.493 e. The molecule has 9 heteroatoms. The normalized spacial score (nSPS) is 11.0. The summed E-state index contributed by atoms with van der Waals surface area (Å²) in [5, 5.41) is 3.07. The maximum Gasteiger partial charge on any atom is 0.188 e. The summed E-state index contributed by atoms with van der Waals surface area (Å²) >= 11 is 0. The molecule has 0 aliphatic carbocycles. The number of nitrogens with one attached hydrogen (secondary N) is 1. The maximum absolute atomic E-state index is 14.5. The Morgan fingerprint density at radius 2 is 1.87 bits per heavy atom. The molecule has 0 unspecified atom stereocenters. The van der Waals surface area contributed by atoms with Gasteiger partial charge in [-0.3, -0.25) is 0 Å². The molecule has 1 aromatic heterocycles. The Hall–Kier alpha value is -2.82. The molecule has 0 spiro atoms. The summed E-state index contributed by atoms with van der Waals surface area (Å²) < 4.78 is 26.7. The number of ether oxygens (including phenoxy) is 2. The van der Waals surface area contributed by atoms with Gasteiger partial charge in [-0.25, -0.2) is 14.4 Å². The van der Waals surface area contributed by atoms with E-state index in [-0.39, 0.29) is 36.3 Å². The van der Waals surface area contributed by atoms with Gasteiger partial charge in [-0.2, -0.15) is 0 Å². The van der Waals surface area contributed by atoms with Crippen LogP contribution >= 0.6 is 24.0 Å². The quantitative estimate of drug-likeness (QED) is 0.260. The second kappa shape index (κ2) is 11.5. The monoisotopic (exact) mass is 539 g/mol. The number of nitrogens with two attached hydrogens (primary N) is 1. The van der Waals surface area contributed by atoms with Gasteiger partial charge in [0.1, 0.15) is 11.6 Å². The third-order valence-corrected chi connectivity index (χ3v) is 4.70. The Morgan fingerprint density at radius 1 is 1.13 bits per heavy atom. The molecule has 0 aliphatic heterocycles. The van der Waals surface area contributed by atoms with Gasteiger partial charge in [0.15, 0.2) is 17.5 Å². The number of imidazole rings is 1. The molecule has 0 saturated heterocycles. The molecular formula is C22H27FIN5O2. The van der Waals surface area contributed by atoms with Crippen LogP contribution in [0.25, 0.3) is 5.69 Å². The Labute approximate surface area is 198 Å². The van der Waals surface area contributed by atoms with E-state index in [1.165, 1.54) is 6.07 Å². The number of halogens is 2. The van der Waals surface area contributed by atoms with Crippen LogP contribution in [0.3, 0.4) is 0 Å². The van der Waals surface area contributed by atoms with Gasteiger partial charge in [0.2, 0.25) is 0 Å². The lowest BCUT2D eigenvalue weighted by Crippen LogP contribution is -2.33. The number of guanidine groups is 1. The second-order valence-corrected chi connectivity index (χ2v) is 6.70. The molecule has 0 saturated carbocycles. The molecule has 0 radical (unpaired) electrons. The number of methoxy groups -OCH3 is 2. The first kappa shape index (κ1) is 24.4. The molecule has 2 aromatic carbocycles. The van der Waals surface area contributed by atoms with Crippen LogP contribution in [0.15, 0.2) is 53.8 Å². The van der Waals surface area contributed by atoms with Gasteiger partial charge in [0.25, 0.3) is 0 Å². The number of rotatable bonds is 8. The van der Waals surface area contributed by atoms with Crippen molar-refractivity contribution in [3.05, 3.63) is 71.6 Å². The van der Waals surface area contributed by atoms with E-state index < -0.39 is 0 Å². The number of aromatic nitrogens is 2. The highest BCUT2D eigenvalue weighted by Crippen LogP contribution is 2.27. The molecule has 0 bridgehead atoms. The van der Waals surface area contributed by atoms with E-state index in [0.717, 1.165) is 23.4 Å². The third-order valence-electron chi connectivity index (χ3n) is 4.70. The number of nitrogens with zero attached hydrogens (tertiary/aromatic N) is 3. The number of aryl methyl sites for hydroxylation is 1. The van der Waals surface area contributed by atoms with E-state index >= 15 is 0 Å². The van der Waals surface area contributed by atoms with Crippen LogP contribution in [-0.2, 0) is 13.0 Å². The lowest BCUT2D eigenvalue weighted by atomic mass is 10.1. The zero-order chi connectivity index (χ0) is 21.5. The molecule has 31 heavy (non-hydrogen) atoms. The fraction of sp³-hybridized carbons (Fsp3) is 0.273. The number of aliphatic imine (C=N–C) groups is 1. The van der Waals surface area contributed by atoms with Gasteiger partial charge < -0.3 is 25.1 Å². The van der Waals surface area contributed by atoms with Crippen molar-refractivity contribution in [1.29, 1.82) is 0 Å². The summed E-state index contributed by atoms with van der Waals surface area (Å²) in [5.74, 6) is 2.08. The Kier molecular flexibility index (Phi) is 9.10. The fourth-order valence-corrected chi connectivity index (χ4v) is 3.08. The first-order valence-corrected chi connectivity index (χ1v) is 9.55. The van der Waals surface area contributed by atoms with E-state index in [2.05, 4.69) is 15.3 Å². The fourth-order valence-electron chi connectivity index (χ4n) is 3.08. The zero-order valence-corrected chi connectivity index (χ0v) is 20.1. The number of benzene rings is 2. The minimum absolute atomic E-state index is 0. The summed E-state index contributed by atoms with van der Waals surface area (Å²) in [6.07, 6.45) is 4.11. The van der Waals surface area contributed by atoms with Crippen LogP contribution in [0.1, 0.15) is 17.0 Å². The lowest BCUT2D eigenvalue weighted by molar-refractivity contribution is 0.354. The summed E-state index contributed by atoms with van der Waals surface area (Å²) in [6.45, 7) is 2.72. The first-order valence-electron chi connectivity index (χ1n) is 9.55. The van der Waals surface area contributed by atoms with E-state index in [9.17, 15) is 4.39 Å². The molecule has 3 N–H and O–H groups in total. The van der Waals surface area contributed by atoms with Crippen LogP contribution in [0.5, 0.6) is 11.5 Å². The van der Waals surface area contributed by atoms with Gasteiger partial charge >= 0.3 is 0 Å². The molecule has 0 aliphatic rings. The van der Waals surface area contributed by atoms with Gasteiger partial charge in [-0.05, 0) is 48.7 Å². The van der Waals surface area contributed by atoms with Crippen molar-refractivity contribution < 1.29 is 13.9 Å². The van der Waals surface area contributed by atoms with Crippen molar-refractivity contribution in [2.45, 2.75) is 19.9 Å². The van der Waals surface area contributed by atoms with Crippen LogP contribution in [0.2, 0.25) is 0 Å². The zero-order valence-electron chi connectivity index (χ0n) is 17.8. The summed E-state index contributed by atoms with van der Waals surface area (Å²) in [5.41, 5.74) is 8.22. The van der Waals surface area contributed by atoms with Gasteiger partial charge in [-0.15, -0.1) is 24.0 Å². The standard InChI is InChI=1S/C22H26FN5O2.HI/c1-15-25-10-11-28(15)19-6-4-17(12-18(19)23)14-27-22(24)26-9-8-16-5-7-20(29-2)21(13-16)30-3;/h4-7,10-13H,8-9,14H2,1-3H3,(H3,24,26,27);1H. The lowest BCUT2D eigenvalue weighted by Gasteiger charge is -2.10. The first-order chi connectivity index (χ1) is 14.5. The molecule has 3 aromatic rings. The van der Waals surface area contributed by atoms with Crippen LogP contribution < -0.4 is 20.5 Å². The SMILES string of the molecule is COc1ccc(CCNC(N)=NCc2ccc(-n3ccnc3C)c(F)c2)cc1OC.I. The summed E-state index contributed by atoms with van der Waals surface area (Å²) in [6, 6.07) is 10.8. The average Bonchev–Trinajstić information content (AvgIpc) is 3.17. The minimum atomic E-state index is -0.330. The molecule has 166 valence electrons. The molecule has 0 amide bonds. The second-order valence-electron chi connectivity index (χ2n) is 6.70. The van der Waals surface area contributed by atoms with E-state index in [1.54, 1.807) is 37.2 Å². The molecule has 0 atom stereocenters. The van der Waals surface area contributed by atoms with E-state index in [0.29, 0.717) is 29.7 Å². The Morgan fingerprint density at radius 3 is 2.52 bits per heavy atom. The van der Waals surface area contributed by atoms with Crippen LogP contribution in [0.4, 0.5) is 4.39 Å². The summed E-state index contributed by atoms with van der Waals surface area (Å²) in [7, 11) is 3.21.